The van der Waals surface area contributed by atoms with Crippen LogP contribution < -0.4 is 0 Å². The van der Waals surface area contributed by atoms with Crippen LogP contribution in [-0.4, -0.2) is 49.5 Å². The summed E-state index contributed by atoms with van der Waals surface area (Å²) in [6, 6.07) is 0.665. The van der Waals surface area contributed by atoms with E-state index in [1.807, 2.05) is 0 Å². The summed E-state index contributed by atoms with van der Waals surface area (Å²) in [7, 11) is -12.9. The highest BCUT2D eigenvalue weighted by Gasteiger charge is 2.68. The molecule has 0 heterocycles. The van der Waals surface area contributed by atoms with E-state index >= 15 is 0 Å². The second-order valence-corrected chi connectivity index (χ2v) is 13.2. The van der Waals surface area contributed by atoms with E-state index in [-0.39, 0.29) is 45.9 Å². The Bertz CT molecular complexity index is 1460. The summed E-state index contributed by atoms with van der Waals surface area (Å²) >= 11 is 0. The number of nitrogens with zero attached hydrogens (tertiary/aromatic N) is 2. The molecule has 222 valence electrons. The highest BCUT2D eigenvalue weighted by molar-refractivity contribution is 8.76. The van der Waals surface area contributed by atoms with Crippen LogP contribution in [0.25, 0.3) is 0 Å². The molecule has 0 amide bonds. The van der Waals surface area contributed by atoms with Crippen molar-refractivity contribution in [3.63, 3.8) is 0 Å². The molecule has 0 aliphatic rings. The average molecular weight is 672 g/mol. The van der Waals surface area contributed by atoms with E-state index in [1.165, 1.54) is 0 Å². The van der Waals surface area contributed by atoms with Gasteiger partial charge in [-0.1, -0.05) is 0 Å². The molecule has 0 bridgehead atoms. The lowest BCUT2D eigenvalue weighted by Gasteiger charge is -2.19. The fourth-order valence-corrected chi connectivity index (χ4v) is 6.92. The molecule has 0 saturated carbocycles. The van der Waals surface area contributed by atoms with Crippen molar-refractivity contribution in [2.75, 3.05) is 0 Å². The first kappa shape index (κ1) is 33.3. The van der Waals surface area contributed by atoms with Crippen LogP contribution in [0.4, 0.5) is 55.3 Å². The Kier molecular flexibility index (Phi) is 8.77. The molecule has 0 atom stereocenters. The van der Waals surface area contributed by atoms with Crippen LogP contribution in [0.1, 0.15) is 0 Å². The number of alkyl halides is 10. The molecule has 0 aliphatic carbocycles. The van der Waals surface area contributed by atoms with Gasteiger partial charge < -0.3 is 0 Å². The quantitative estimate of drug-likeness (QED) is 0.131. The van der Waals surface area contributed by atoms with Crippen LogP contribution in [0, 0.1) is 20.2 Å². The van der Waals surface area contributed by atoms with E-state index in [1.54, 1.807) is 0 Å². The fourth-order valence-electron chi connectivity index (χ4n) is 2.45. The van der Waals surface area contributed by atoms with Gasteiger partial charge >= 0.3 is 22.9 Å². The first-order valence-corrected chi connectivity index (χ1v) is 14.2. The summed E-state index contributed by atoms with van der Waals surface area (Å²) < 4.78 is 176. The van der Waals surface area contributed by atoms with Crippen LogP contribution in [-0.2, 0) is 19.7 Å². The third-order valence-electron chi connectivity index (χ3n) is 4.43. The Labute approximate surface area is 222 Å². The predicted molar refractivity (Wildman–Crippen MR) is 114 cm³/mol. The highest BCUT2D eigenvalue weighted by atomic mass is 33.1. The molecule has 0 aliphatic heterocycles. The molecule has 0 N–H and O–H groups in total. The monoisotopic (exact) mass is 672 g/mol. The Morgan fingerprint density at radius 2 is 0.850 bits per heavy atom. The normalized spacial score (nSPS) is 13.8. The van der Waals surface area contributed by atoms with E-state index < -0.39 is 83.3 Å². The van der Waals surface area contributed by atoms with Crippen molar-refractivity contribution < 1.29 is 70.6 Å². The van der Waals surface area contributed by atoms with E-state index in [0.29, 0.717) is 12.1 Å². The molecule has 2 aromatic carbocycles. The number of nitro benzene ring substituents is 2. The molecule has 40 heavy (non-hydrogen) atoms. The maximum absolute atomic E-state index is 13.5. The number of nitro groups is 2. The molecule has 2 rings (SSSR count). The minimum atomic E-state index is -6.60. The third kappa shape index (κ3) is 5.79. The number of hydrogen-bond acceptors (Lipinski definition) is 10. The molecular weight excluding hydrogens is 666 g/mol. The fraction of sp³-hybridized carbons (Fsp3) is 0.250. The first-order valence-electron chi connectivity index (χ1n) is 9.10. The van der Waals surface area contributed by atoms with Gasteiger partial charge in [0.05, 0.1) is 29.4 Å². The van der Waals surface area contributed by atoms with Crippen LogP contribution in [0.2, 0.25) is 0 Å². The number of sulfone groups is 2. The van der Waals surface area contributed by atoms with Crippen molar-refractivity contribution in [3.8, 4) is 0 Å². The smallest absolute Gasteiger partial charge is 0.258 e. The second kappa shape index (κ2) is 10.5. The van der Waals surface area contributed by atoms with Gasteiger partial charge in [-0.15, -0.1) is 0 Å². The zero-order valence-electron chi connectivity index (χ0n) is 18.0. The van der Waals surface area contributed by atoms with Crippen molar-refractivity contribution in [1.29, 1.82) is 0 Å². The third-order valence-corrected chi connectivity index (χ3v) is 10.5. The summed E-state index contributed by atoms with van der Waals surface area (Å²) in [5.74, 6) is 0. The van der Waals surface area contributed by atoms with Gasteiger partial charge in [-0.05, 0) is 45.9 Å². The summed E-state index contributed by atoms with van der Waals surface area (Å²) in [5.41, 5.74) is -2.77. The zero-order chi connectivity index (χ0) is 31.3. The number of halogens is 10. The molecule has 0 aromatic heterocycles. The van der Waals surface area contributed by atoms with Crippen molar-refractivity contribution >= 4 is 52.6 Å². The lowest BCUT2D eigenvalue weighted by Crippen LogP contribution is -2.43. The lowest BCUT2D eigenvalue weighted by atomic mass is 10.3. The molecule has 0 spiro atoms. The SMILES string of the molecule is O=[N+]([O-])c1cc(S(=O)(=O)C(F)(F)C(F)(F)F)ccc1SSc1ccc(S(=O)(=O)C(F)(F)C(F)(F)F)cc1[N+](=O)[O-]. The van der Waals surface area contributed by atoms with Crippen molar-refractivity contribution in [1.82, 2.24) is 0 Å². The Hall–Kier alpha value is -2.86. The van der Waals surface area contributed by atoms with Crippen molar-refractivity contribution in [3.05, 3.63) is 56.6 Å². The van der Waals surface area contributed by atoms with Gasteiger partial charge in [0.25, 0.3) is 31.0 Å². The summed E-state index contributed by atoms with van der Waals surface area (Å²) in [6.07, 6.45) is -13.2. The Morgan fingerprint density at radius 3 is 1.07 bits per heavy atom. The number of benzene rings is 2. The molecule has 10 nitrogen and oxygen atoms in total. The van der Waals surface area contributed by atoms with Gasteiger partial charge in [0.15, 0.2) is 0 Å². The zero-order valence-corrected chi connectivity index (χ0v) is 21.3. The van der Waals surface area contributed by atoms with Crippen LogP contribution >= 0.6 is 21.6 Å². The molecule has 0 saturated heterocycles. The maximum atomic E-state index is 13.5. The molecule has 0 radical (unpaired) electrons. The Balaban J connectivity index is 2.52. The molecule has 0 fully saturated rings. The van der Waals surface area contributed by atoms with Gasteiger partial charge in [-0.2, -0.15) is 43.9 Å². The van der Waals surface area contributed by atoms with Gasteiger partial charge in [-0.25, -0.2) is 16.8 Å². The van der Waals surface area contributed by atoms with Crippen LogP contribution in [0.15, 0.2) is 56.0 Å². The average Bonchev–Trinajstić information content (AvgIpc) is 2.80. The minimum absolute atomic E-state index is 0.104. The number of rotatable bonds is 9. The summed E-state index contributed by atoms with van der Waals surface area (Å²) in [6.45, 7) is 0. The van der Waals surface area contributed by atoms with Crippen LogP contribution in [0.3, 0.4) is 0 Å². The predicted octanol–water partition coefficient (Wildman–Crippen LogP) is 6.16. The van der Waals surface area contributed by atoms with Crippen molar-refractivity contribution in [2.24, 2.45) is 0 Å². The maximum Gasteiger partial charge on any atom is 0.469 e. The minimum Gasteiger partial charge on any atom is -0.258 e. The van der Waals surface area contributed by atoms with Gasteiger partial charge in [0, 0.05) is 12.1 Å². The van der Waals surface area contributed by atoms with Crippen LogP contribution in [0.5, 0.6) is 0 Å². The number of hydrogen-bond donors (Lipinski definition) is 0. The van der Waals surface area contributed by atoms with E-state index in [0.717, 1.165) is 0 Å². The van der Waals surface area contributed by atoms with Gasteiger partial charge in [0.1, 0.15) is 0 Å². The Morgan fingerprint density at radius 1 is 0.575 bits per heavy atom. The topological polar surface area (TPSA) is 155 Å². The van der Waals surface area contributed by atoms with Gasteiger partial charge in [-0.3, -0.25) is 20.2 Å². The van der Waals surface area contributed by atoms with Gasteiger partial charge in [0.2, 0.25) is 0 Å². The molecule has 24 heteroatoms. The second-order valence-electron chi connectivity index (χ2n) is 6.98. The van der Waals surface area contributed by atoms with E-state index in [4.69, 9.17) is 0 Å². The highest BCUT2D eigenvalue weighted by Crippen LogP contribution is 2.49. The first-order chi connectivity index (χ1) is 17.8. The molecule has 2 aromatic rings. The van der Waals surface area contributed by atoms with Crippen molar-refractivity contribution in [2.45, 2.75) is 42.4 Å². The molecular formula is C16H6F10N2O8S4. The van der Waals surface area contributed by atoms with E-state index in [2.05, 4.69) is 0 Å². The van der Waals surface area contributed by atoms with E-state index in [9.17, 15) is 81.0 Å². The standard InChI is InChI=1S/C16H6F10N2O8S4/c17-13(18,19)15(23,24)39(33,34)7-1-3-11(9(5-7)27(29)30)37-38-12-4-2-8(6-10(12)28(31)32)40(35,36)16(25,26)14(20,21)22/h1-6H. The lowest BCUT2D eigenvalue weighted by molar-refractivity contribution is -0.388. The summed E-state index contributed by atoms with van der Waals surface area (Å²) in [4.78, 5) is 14.7. The largest absolute Gasteiger partial charge is 0.469 e. The molecule has 0 unspecified atom stereocenters. The summed E-state index contributed by atoms with van der Waals surface area (Å²) in [5, 5.41) is 9.89.